The van der Waals surface area contributed by atoms with Gasteiger partial charge in [-0.1, -0.05) is 13.0 Å². The lowest BCUT2D eigenvalue weighted by Crippen LogP contribution is -2.48. The zero-order chi connectivity index (χ0) is 21.5. The second-order valence-corrected chi connectivity index (χ2v) is 8.08. The van der Waals surface area contributed by atoms with E-state index in [0.29, 0.717) is 31.9 Å². The molecule has 162 valence electrons. The Morgan fingerprint density at radius 1 is 1.33 bits per heavy atom. The summed E-state index contributed by atoms with van der Waals surface area (Å²) in [5.74, 6) is -0.154. The highest BCUT2D eigenvalue weighted by Gasteiger charge is 2.33. The number of nitrogens with zero attached hydrogens (tertiary/aromatic N) is 2. The van der Waals surface area contributed by atoms with Crippen LogP contribution in [0.3, 0.4) is 0 Å². The van der Waals surface area contributed by atoms with Crippen LogP contribution in [0.5, 0.6) is 5.75 Å². The maximum Gasteiger partial charge on any atom is 0.242 e. The predicted molar refractivity (Wildman–Crippen MR) is 113 cm³/mol. The molecule has 2 heterocycles. The maximum atomic E-state index is 13.5. The van der Waals surface area contributed by atoms with E-state index in [9.17, 15) is 14.0 Å². The molecule has 8 heteroatoms. The fourth-order valence-electron chi connectivity index (χ4n) is 3.58. The van der Waals surface area contributed by atoms with Crippen molar-refractivity contribution < 1.29 is 23.5 Å². The zero-order valence-corrected chi connectivity index (χ0v) is 18.1. The predicted octanol–water partition coefficient (Wildman–Crippen LogP) is 3.28. The van der Waals surface area contributed by atoms with Crippen molar-refractivity contribution in [2.24, 2.45) is 0 Å². The summed E-state index contributed by atoms with van der Waals surface area (Å²) in [6, 6.07) is 7.71. The SMILES string of the molecule is CCC(=O)N(CCOC)CC(=O)N1CCc2sccc2[C@H]1COc1cccc(F)c1. The first-order valence-corrected chi connectivity index (χ1v) is 10.9. The van der Waals surface area contributed by atoms with Crippen LogP contribution in [0.4, 0.5) is 4.39 Å². The fraction of sp³-hybridized carbons (Fsp3) is 0.455. The van der Waals surface area contributed by atoms with Crippen molar-refractivity contribution in [3.05, 3.63) is 52.0 Å². The van der Waals surface area contributed by atoms with Crippen LogP contribution in [0.15, 0.2) is 35.7 Å². The van der Waals surface area contributed by atoms with Crippen LogP contribution in [-0.4, -0.2) is 61.6 Å². The summed E-state index contributed by atoms with van der Waals surface area (Å²) in [7, 11) is 1.57. The van der Waals surface area contributed by atoms with Gasteiger partial charge in [-0.25, -0.2) is 4.39 Å². The molecular formula is C22H27FN2O4S. The average Bonchev–Trinajstić information content (AvgIpc) is 3.23. The smallest absolute Gasteiger partial charge is 0.242 e. The van der Waals surface area contributed by atoms with Gasteiger partial charge < -0.3 is 19.3 Å². The van der Waals surface area contributed by atoms with Crippen molar-refractivity contribution >= 4 is 23.2 Å². The molecule has 0 spiro atoms. The van der Waals surface area contributed by atoms with Crippen LogP contribution in [0.2, 0.25) is 0 Å². The standard InChI is InChI=1S/C22H27FN2O4S/c1-3-21(26)24(10-11-28-2)14-22(27)25-9-7-20-18(8-12-30-20)19(25)15-29-17-6-4-5-16(23)13-17/h4-6,8,12-13,19H,3,7,9-11,14-15H2,1-2H3/t19-/m1/s1. The van der Waals surface area contributed by atoms with Crippen LogP contribution in [-0.2, 0) is 20.7 Å². The highest BCUT2D eigenvalue weighted by Crippen LogP contribution is 2.34. The Bertz CT molecular complexity index is 872. The Hall–Kier alpha value is -2.45. The normalized spacial score (nSPS) is 15.6. The number of rotatable bonds is 9. The molecule has 0 fully saturated rings. The largest absolute Gasteiger partial charge is 0.491 e. The number of methoxy groups -OCH3 is 1. The molecule has 2 amide bonds. The lowest BCUT2D eigenvalue weighted by molar-refractivity contribution is -0.143. The van der Waals surface area contributed by atoms with Crippen molar-refractivity contribution in [2.45, 2.75) is 25.8 Å². The van der Waals surface area contributed by atoms with Gasteiger partial charge in [0.15, 0.2) is 0 Å². The molecule has 1 aliphatic rings. The first kappa shape index (κ1) is 22.2. The molecule has 30 heavy (non-hydrogen) atoms. The molecule has 0 radical (unpaired) electrons. The Morgan fingerprint density at radius 3 is 2.90 bits per heavy atom. The lowest BCUT2D eigenvalue weighted by Gasteiger charge is -2.37. The van der Waals surface area contributed by atoms with E-state index in [2.05, 4.69) is 0 Å². The van der Waals surface area contributed by atoms with Gasteiger partial charge in [-0.2, -0.15) is 0 Å². The Labute approximate surface area is 180 Å². The number of ether oxygens (including phenoxy) is 2. The number of benzene rings is 1. The number of carbonyl (C=O) groups is 2. The van der Waals surface area contributed by atoms with E-state index in [1.165, 1.54) is 17.0 Å². The van der Waals surface area contributed by atoms with E-state index < -0.39 is 0 Å². The van der Waals surface area contributed by atoms with E-state index >= 15 is 0 Å². The summed E-state index contributed by atoms with van der Waals surface area (Å²) >= 11 is 1.67. The van der Waals surface area contributed by atoms with Gasteiger partial charge in [0.2, 0.25) is 11.8 Å². The summed E-state index contributed by atoms with van der Waals surface area (Å²) in [4.78, 5) is 30.0. The average molecular weight is 435 g/mol. The van der Waals surface area contributed by atoms with Gasteiger partial charge in [0.1, 0.15) is 18.2 Å². The Balaban J connectivity index is 1.75. The van der Waals surface area contributed by atoms with Crippen LogP contribution < -0.4 is 4.74 Å². The van der Waals surface area contributed by atoms with E-state index in [4.69, 9.17) is 9.47 Å². The molecular weight excluding hydrogens is 407 g/mol. The van der Waals surface area contributed by atoms with Crippen LogP contribution in [0.1, 0.15) is 29.8 Å². The minimum Gasteiger partial charge on any atom is -0.491 e. The Kier molecular flexibility index (Phi) is 7.81. The maximum absolute atomic E-state index is 13.5. The van der Waals surface area contributed by atoms with Crippen molar-refractivity contribution in [3.63, 3.8) is 0 Å². The summed E-state index contributed by atoms with van der Waals surface area (Å²) in [5, 5.41) is 2.01. The van der Waals surface area contributed by atoms with E-state index in [1.807, 2.05) is 11.4 Å². The number of hydrogen-bond donors (Lipinski definition) is 0. The number of fused-ring (bicyclic) bond motifs is 1. The number of amides is 2. The monoisotopic (exact) mass is 434 g/mol. The highest BCUT2D eigenvalue weighted by atomic mass is 32.1. The van der Waals surface area contributed by atoms with Gasteiger partial charge in [0.05, 0.1) is 19.2 Å². The number of hydrogen-bond acceptors (Lipinski definition) is 5. The van der Waals surface area contributed by atoms with Crippen molar-refractivity contribution in [1.82, 2.24) is 9.80 Å². The van der Waals surface area contributed by atoms with Crippen molar-refractivity contribution in [2.75, 3.05) is 40.0 Å². The molecule has 0 saturated carbocycles. The molecule has 1 aliphatic heterocycles. The molecule has 0 saturated heterocycles. The van der Waals surface area contributed by atoms with Gasteiger partial charge in [-0.05, 0) is 35.6 Å². The van der Waals surface area contributed by atoms with E-state index in [1.54, 1.807) is 47.3 Å². The van der Waals surface area contributed by atoms with Crippen LogP contribution in [0.25, 0.3) is 0 Å². The summed E-state index contributed by atoms with van der Waals surface area (Å²) < 4.78 is 24.4. The molecule has 1 aromatic carbocycles. The van der Waals surface area contributed by atoms with Gasteiger partial charge in [-0.3, -0.25) is 9.59 Å². The lowest BCUT2D eigenvalue weighted by atomic mass is 10.0. The van der Waals surface area contributed by atoms with Gasteiger partial charge >= 0.3 is 0 Å². The third-order valence-corrected chi connectivity index (χ3v) is 6.16. The quantitative estimate of drug-likeness (QED) is 0.608. The zero-order valence-electron chi connectivity index (χ0n) is 17.3. The number of halogens is 1. The molecule has 6 nitrogen and oxygen atoms in total. The summed E-state index contributed by atoms with van der Waals surface area (Å²) in [5.41, 5.74) is 1.06. The van der Waals surface area contributed by atoms with Crippen LogP contribution in [0, 0.1) is 5.82 Å². The second-order valence-electron chi connectivity index (χ2n) is 7.08. The first-order chi connectivity index (χ1) is 14.5. The molecule has 0 N–H and O–H groups in total. The van der Waals surface area contributed by atoms with E-state index in [0.717, 1.165) is 12.0 Å². The molecule has 1 aromatic heterocycles. The Morgan fingerprint density at radius 2 is 2.17 bits per heavy atom. The molecule has 0 aliphatic carbocycles. The third kappa shape index (κ3) is 5.37. The molecule has 1 atom stereocenters. The van der Waals surface area contributed by atoms with Gasteiger partial charge in [0, 0.05) is 37.6 Å². The molecule has 3 rings (SSSR count). The number of carbonyl (C=O) groups excluding carboxylic acids is 2. The third-order valence-electron chi connectivity index (χ3n) is 5.17. The summed E-state index contributed by atoms with van der Waals surface area (Å²) in [6.07, 6.45) is 1.10. The number of thiophene rings is 1. The molecule has 2 aromatic rings. The van der Waals surface area contributed by atoms with E-state index in [-0.39, 0.29) is 36.8 Å². The van der Waals surface area contributed by atoms with Gasteiger partial charge in [-0.15, -0.1) is 11.3 Å². The minimum absolute atomic E-state index is 0.00592. The van der Waals surface area contributed by atoms with Crippen LogP contribution >= 0.6 is 11.3 Å². The first-order valence-electron chi connectivity index (χ1n) is 10.0. The highest BCUT2D eigenvalue weighted by molar-refractivity contribution is 7.10. The minimum atomic E-state index is -0.368. The van der Waals surface area contributed by atoms with Crippen molar-refractivity contribution in [1.29, 1.82) is 0 Å². The van der Waals surface area contributed by atoms with Gasteiger partial charge in [0.25, 0.3) is 0 Å². The molecule has 0 unspecified atom stereocenters. The second kappa shape index (κ2) is 10.5. The summed E-state index contributed by atoms with van der Waals surface area (Å²) in [6.45, 7) is 3.31. The topological polar surface area (TPSA) is 59.1 Å². The molecule has 0 bridgehead atoms. The fourth-order valence-corrected chi connectivity index (χ4v) is 4.51. The van der Waals surface area contributed by atoms with Crippen molar-refractivity contribution in [3.8, 4) is 5.75 Å².